The third-order valence-corrected chi connectivity index (χ3v) is 6.13. The van der Waals surface area contributed by atoms with Crippen LogP contribution in [0.1, 0.15) is 64.5 Å². The highest BCUT2D eigenvalue weighted by atomic mass is 16.5. The highest BCUT2D eigenvalue weighted by Crippen LogP contribution is 2.30. The molecule has 2 aromatic rings. The Labute approximate surface area is 205 Å². The van der Waals surface area contributed by atoms with Crippen molar-refractivity contribution in [2.45, 2.75) is 78.6 Å². The zero-order valence-corrected chi connectivity index (χ0v) is 21.3. The van der Waals surface area contributed by atoms with Crippen LogP contribution in [-0.2, 0) is 13.1 Å². The van der Waals surface area contributed by atoms with E-state index in [1.807, 2.05) is 39.8 Å². The molecule has 0 atom stereocenters. The summed E-state index contributed by atoms with van der Waals surface area (Å²) < 4.78 is 22.9. The summed E-state index contributed by atoms with van der Waals surface area (Å²) in [6.45, 7) is 12.2. The quantitative estimate of drug-likeness (QED) is 0.382. The van der Waals surface area contributed by atoms with Crippen LogP contribution in [0.15, 0.2) is 36.4 Å². The van der Waals surface area contributed by atoms with E-state index in [0.29, 0.717) is 38.5 Å². The summed E-state index contributed by atoms with van der Waals surface area (Å²) in [5, 5.41) is 7.48. The van der Waals surface area contributed by atoms with Gasteiger partial charge in [0.05, 0.1) is 26.4 Å². The molecule has 0 amide bonds. The summed E-state index contributed by atoms with van der Waals surface area (Å²) in [4.78, 5) is 0. The van der Waals surface area contributed by atoms with Gasteiger partial charge in [0.2, 0.25) is 0 Å². The molecule has 1 fully saturated rings. The van der Waals surface area contributed by atoms with Gasteiger partial charge in [-0.05, 0) is 88.8 Å². The van der Waals surface area contributed by atoms with E-state index in [0.717, 1.165) is 36.1 Å². The Morgan fingerprint density at radius 1 is 0.559 bits per heavy atom. The lowest BCUT2D eigenvalue weighted by Gasteiger charge is -2.30. The summed E-state index contributed by atoms with van der Waals surface area (Å²) in [6.07, 6.45) is 4.72. The third kappa shape index (κ3) is 7.81. The fraction of sp³-hybridized carbons (Fsp3) is 0.571. The Morgan fingerprint density at radius 3 is 1.26 bits per heavy atom. The highest BCUT2D eigenvalue weighted by molar-refractivity contribution is 5.43. The zero-order valence-electron chi connectivity index (χ0n) is 21.3. The second-order valence-corrected chi connectivity index (χ2v) is 8.60. The van der Waals surface area contributed by atoms with Crippen molar-refractivity contribution in [2.75, 3.05) is 26.4 Å². The molecule has 6 heteroatoms. The molecule has 0 spiro atoms. The van der Waals surface area contributed by atoms with E-state index in [9.17, 15) is 0 Å². The molecule has 3 rings (SSSR count). The number of ether oxygens (including phenoxy) is 4. The molecule has 0 heterocycles. The Kier molecular flexibility index (Phi) is 10.8. The number of hydrogen-bond acceptors (Lipinski definition) is 6. The maximum Gasteiger partial charge on any atom is 0.161 e. The number of rotatable bonds is 14. The van der Waals surface area contributed by atoms with E-state index in [-0.39, 0.29) is 0 Å². The fourth-order valence-electron chi connectivity index (χ4n) is 4.44. The number of benzene rings is 2. The summed E-state index contributed by atoms with van der Waals surface area (Å²) >= 11 is 0. The first kappa shape index (κ1) is 26.2. The minimum Gasteiger partial charge on any atom is -0.490 e. The van der Waals surface area contributed by atoms with E-state index in [2.05, 4.69) is 34.9 Å². The zero-order chi connectivity index (χ0) is 24.2. The molecule has 1 aliphatic rings. The Balaban J connectivity index is 1.43. The predicted octanol–water partition coefficient (Wildman–Crippen LogP) is 5.47. The van der Waals surface area contributed by atoms with Crippen LogP contribution in [-0.4, -0.2) is 38.5 Å². The summed E-state index contributed by atoms with van der Waals surface area (Å²) in [7, 11) is 0. The second kappa shape index (κ2) is 14.1. The molecule has 0 saturated heterocycles. The lowest BCUT2D eigenvalue weighted by atomic mass is 9.91. The van der Waals surface area contributed by atoms with Crippen molar-refractivity contribution in [2.24, 2.45) is 0 Å². The molecular weight excluding hydrogens is 428 g/mol. The molecular formula is C28H42N2O4. The standard InChI is InChI=1S/C28H42N2O4/c1-5-31-25-15-9-21(17-27(25)33-7-3)19-29-23-11-13-24(14-12-23)30-20-22-10-16-26(32-6-2)28(18-22)34-8-4/h9-10,15-18,23-24,29-30H,5-8,11-14,19-20H2,1-4H3/t23-,24-. The first-order valence-electron chi connectivity index (χ1n) is 12.9. The molecule has 0 aliphatic heterocycles. The van der Waals surface area contributed by atoms with Crippen molar-refractivity contribution in [3.8, 4) is 23.0 Å². The maximum absolute atomic E-state index is 5.76. The van der Waals surface area contributed by atoms with Crippen LogP contribution in [0.3, 0.4) is 0 Å². The monoisotopic (exact) mass is 470 g/mol. The van der Waals surface area contributed by atoms with Crippen LogP contribution in [0.2, 0.25) is 0 Å². The van der Waals surface area contributed by atoms with Gasteiger partial charge in [0.15, 0.2) is 23.0 Å². The number of hydrogen-bond donors (Lipinski definition) is 2. The van der Waals surface area contributed by atoms with Crippen LogP contribution < -0.4 is 29.6 Å². The van der Waals surface area contributed by atoms with Gasteiger partial charge in [-0.15, -0.1) is 0 Å². The van der Waals surface area contributed by atoms with Crippen molar-refractivity contribution >= 4 is 0 Å². The minimum atomic E-state index is 0.551. The Hall–Kier alpha value is -2.44. The van der Waals surface area contributed by atoms with E-state index in [1.165, 1.54) is 36.8 Å². The van der Waals surface area contributed by atoms with Crippen molar-refractivity contribution in [3.05, 3.63) is 47.5 Å². The molecule has 6 nitrogen and oxygen atoms in total. The second-order valence-electron chi connectivity index (χ2n) is 8.60. The predicted molar refractivity (Wildman–Crippen MR) is 137 cm³/mol. The van der Waals surface area contributed by atoms with Gasteiger partial charge >= 0.3 is 0 Å². The van der Waals surface area contributed by atoms with Crippen LogP contribution >= 0.6 is 0 Å². The largest absolute Gasteiger partial charge is 0.490 e. The average Bonchev–Trinajstić information content (AvgIpc) is 2.85. The average molecular weight is 471 g/mol. The van der Waals surface area contributed by atoms with Crippen LogP contribution in [0.25, 0.3) is 0 Å². The molecule has 1 aliphatic carbocycles. The molecule has 2 aromatic carbocycles. The van der Waals surface area contributed by atoms with Gasteiger partial charge in [0, 0.05) is 25.2 Å². The first-order valence-corrected chi connectivity index (χ1v) is 12.9. The minimum absolute atomic E-state index is 0.551. The first-order chi connectivity index (χ1) is 16.7. The van der Waals surface area contributed by atoms with Gasteiger partial charge in [-0.1, -0.05) is 12.1 Å². The Bertz CT molecular complexity index is 794. The van der Waals surface area contributed by atoms with Gasteiger partial charge in [0.25, 0.3) is 0 Å². The lowest BCUT2D eigenvalue weighted by Crippen LogP contribution is -2.39. The van der Waals surface area contributed by atoms with Gasteiger partial charge < -0.3 is 29.6 Å². The van der Waals surface area contributed by atoms with Crippen molar-refractivity contribution < 1.29 is 18.9 Å². The van der Waals surface area contributed by atoms with E-state index in [1.54, 1.807) is 0 Å². The highest BCUT2D eigenvalue weighted by Gasteiger charge is 2.21. The SMILES string of the molecule is CCOc1ccc(CN[C@H]2CC[C@H](NCc3ccc(OCC)c(OCC)c3)CC2)cc1OCC. The van der Waals surface area contributed by atoms with Gasteiger partial charge in [-0.2, -0.15) is 0 Å². The normalized spacial score (nSPS) is 17.9. The summed E-state index contributed by atoms with van der Waals surface area (Å²) in [6, 6.07) is 13.6. The van der Waals surface area contributed by atoms with Gasteiger partial charge in [-0.3, -0.25) is 0 Å². The molecule has 0 unspecified atom stereocenters. The molecule has 1 saturated carbocycles. The molecule has 0 aromatic heterocycles. The Morgan fingerprint density at radius 2 is 0.912 bits per heavy atom. The van der Waals surface area contributed by atoms with Crippen molar-refractivity contribution in [3.63, 3.8) is 0 Å². The molecule has 0 radical (unpaired) electrons. The lowest BCUT2D eigenvalue weighted by molar-refractivity contribution is 0.286. The third-order valence-electron chi connectivity index (χ3n) is 6.13. The van der Waals surface area contributed by atoms with Gasteiger partial charge in [-0.25, -0.2) is 0 Å². The molecule has 0 bridgehead atoms. The fourth-order valence-corrected chi connectivity index (χ4v) is 4.44. The van der Waals surface area contributed by atoms with Crippen molar-refractivity contribution in [1.82, 2.24) is 10.6 Å². The summed E-state index contributed by atoms with van der Waals surface area (Å²) in [5.41, 5.74) is 2.46. The van der Waals surface area contributed by atoms with Gasteiger partial charge in [0.1, 0.15) is 0 Å². The molecule has 2 N–H and O–H groups in total. The van der Waals surface area contributed by atoms with E-state index < -0.39 is 0 Å². The maximum atomic E-state index is 5.76. The van der Waals surface area contributed by atoms with E-state index in [4.69, 9.17) is 18.9 Å². The molecule has 34 heavy (non-hydrogen) atoms. The van der Waals surface area contributed by atoms with Crippen LogP contribution in [0.4, 0.5) is 0 Å². The van der Waals surface area contributed by atoms with Crippen LogP contribution in [0.5, 0.6) is 23.0 Å². The topological polar surface area (TPSA) is 61.0 Å². The van der Waals surface area contributed by atoms with Crippen LogP contribution in [0, 0.1) is 0 Å². The smallest absolute Gasteiger partial charge is 0.161 e. The molecule has 188 valence electrons. The number of nitrogens with one attached hydrogen (secondary N) is 2. The van der Waals surface area contributed by atoms with E-state index >= 15 is 0 Å². The van der Waals surface area contributed by atoms with Crippen molar-refractivity contribution in [1.29, 1.82) is 0 Å². The summed E-state index contributed by atoms with van der Waals surface area (Å²) in [5.74, 6) is 3.30.